The van der Waals surface area contributed by atoms with Gasteiger partial charge in [-0.05, 0) is 30.3 Å². The van der Waals surface area contributed by atoms with Gasteiger partial charge in [0.05, 0.1) is 5.69 Å². The lowest BCUT2D eigenvalue weighted by Crippen LogP contribution is -1.87. The normalized spacial score (nSPS) is 10.6. The summed E-state index contributed by atoms with van der Waals surface area (Å²) in [6, 6.07) is 15.9. The molecule has 0 aliphatic carbocycles. The third kappa shape index (κ3) is 1.99. The summed E-state index contributed by atoms with van der Waals surface area (Å²) in [6.45, 7) is 0. The second-order valence-corrected chi connectivity index (χ2v) is 4.32. The average molecular weight is 243 g/mol. The van der Waals surface area contributed by atoms with E-state index >= 15 is 0 Å². The second kappa shape index (κ2) is 4.15. The van der Waals surface area contributed by atoms with Gasteiger partial charge in [-0.1, -0.05) is 29.8 Å². The summed E-state index contributed by atoms with van der Waals surface area (Å²) in [5.41, 5.74) is 3.17. The zero-order valence-electron chi connectivity index (χ0n) is 9.07. The quantitative estimate of drug-likeness (QED) is 0.677. The molecule has 3 aromatic rings. The molecule has 0 atom stereocenters. The molecule has 2 N–H and O–H groups in total. The third-order valence-electron chi connectivity index (χ3n) is 2.70. The van der Waals surface area contributed by atoms with E-state index in [4.69, 9.17) is 11.6 Å². The fourth-order valence-electron chi connectivity index (χ4n) is 1.88. The number of rotatable bonds is 2. The maximum absolute atomic E-state index is 5.95. The molecule has 0 fully saturated rings. The van der Waals surface area contributed by atoms with Gasteiger partial charge < -0.3 is 10.3 Å². The Morgan fingerprint density at radius 2 is 1.82 bits per heavy atom. The Labute approximate surface area is 104 Å². The number of fused-ring (bicyclic) bond motifs is 1. The van der Waals surface area contributed by atoms with Crippen LogP contribution in [0.3, 0.4) is 0 Å². The van der Waals surface area contributed by atoms with Gasteiger partial charge in [0, 0.05) is 27.8 Å². The van der Waals surface area contributed by atoms with Crippen LogP contribution in [0.25, 0.3) is 10.9 Å². The molecule has 0 unspecified atom stereocenters. The summed E-state index contributed by atoms with van der Waals surface area (Å²) in [5, 5.41) is 5.25. The molecule has 0 saturated heterocycles. The molecule has 0 amide bonds. The number of halogens is 1. The van der Waals surface area contributed by atoms with Crippen molar-refractivity contribution in [3.8, 4) is 0 Å². The first-order chi connectivity index (χ1) is 8.33. The number of para-hydroxylation sites is 1. The van der Waals surface area contributed by atoms with Crippen molar-refractivity contribution in [1.82, 2.24) is 4.98 Å². The van der Waals surface area contributed by atoms with Gasteiger partial charge in [0.1, 0.15) is 0 Å². The molecule has 3 heteroatoms. The molecule has 17 heavy (non-hydrogen) atoms. The third-order valence-corrected chi connectivity index (χ3v) is 2.93. The molecule has 3 rings (SSSR count). The Morgan fingerprint density at radius 1 is 1.00 bits per heavy atom. The molecule has 84 valence electrons. The first-order valence-electron chi connectivity index (χ1n) is 5.42. The van der Waals surface area contributed by atoms with Gasteiger partial charge in [-0.25, -0.2) is 0 Å². The maximum atomic E-state index is 5.95. The predicted octanol–water partition coefficient (Wildman–Crippen LogP) is 4.56. The van der Waals surface area contributed by atoms with Crippen molar-refractivity contribution in [2.75, 3.05) is 5.32 Å². The first-order valence-corrected chi connectivity index (χ1v) is 5.79. The minimum absolute atomic E-state index is 0.741. The van der Waals surface area contributed by atoms with Crippen molar-refractivity contribution < 1.29 is 0 Å². The van der Waals surface area contributed by atoms with Crippen molar-refractivity contribution in [1.29, 1.82) is 0 Å². The molecule has 0 spiro atoms. The van der Waals surface area contributed by atoms with Crippen LogP contribution in [0.15, 0.2) is 54.7 Å². The highest BCUT2D eigenvalue weighted by Gasteiger charge is 2.03. The Bertz CT molecular complexity index is 644. The Kier molecular flexibility index (Phi) is 2.50. The van der Waals surface area contributed by atoms with E-state index in [1.54, 1.807) is 0 Å². The van der Waals surface area contributed by atoms with Gasteiger partial charge >= 0.3 is 0 Å². The molecule has 0 aliphatic heterocycles. The molecule has 2 aromatic carbocycles. The Balaban J connectivity index is 2.01. The molecule has 1 aromatic heterocycles. The molecule has 1 heterocycles. The molecule has 0 aliphatic rings. The van der Waals surface area contributed by atoms with Crippen molar-refractivity contribution in [3.63, 3.8) is 0 Å². The highest BCUT2D eigenvalue weighted by atomic mass is 35.5. The van der Waals surface area contributed by atoms with E-state index in [0.717, 1.165) is 27.3 Å². The second-order valence-electron chi connectivity index (χ2n) is 3.88. The van der Waals surface area contributed by atoms with Gasteiger partial charge in [0.2, 0.25) is 0 Å². The van der Waals surface area contributed by atoms with Crippen LogP contribution in [0.4, 0.5) is 11.4 Å². The van der Waals surface area contributed by atoms with Gasteiger partial charge in [0.15, 0.2) is 0 Å². The number of benzene rings is 2. The van der Waals surface area contributed by atoms with Crippen LogP contribution < -0.4 is 5.32 Å². The van der Waals surface area contributed by atoms with Crippen molar-refractivity contribution in [3.05, 3.63) is 59.8 Å². The van der Waals surface area contributed by atoms with E-state index < -0.39 is 0 Å². The fraction of sp³-hybridized carbons (Fsp3) is 0. The van der Waals surface area contributed by atoms with E-state index in [1.165, 1.54) is 0 Å². The summed E-state index contributed by atoms with van der Waals surface area (Å²) in [4.78, 5) is 3.20. The lowest BCUT2D eigenvalue weighted by atomic mass is 10.2. The van der Waals surface area contributed by atoms with E-state index in [0.29, 0.717) is 0 Å². The molecule has 2 nitrogen and oxygen atoms in total. The summed E-state index contributed by atoms with van der Waals surface area (Å²) in [5.74, 6) is 0. The minimum Gasteiger partial charge on any atom is -0.359 e. The van der Waals surface area contributed by atoms with Crippen LogP contribution in [0.1, 0.15) is 0 Å². The number of nitrogens with one attached hydrogen (secondary N) is 2. The summed E-state index contributed by atoms with van der Waals surface area (Å²) >= 11 is 5.95. The van der Waals surface area contributed by atoms with Crippen LogP contribution in [-0.2, 0) is 0 Å². The lowest BCUT2D eigenvalue weighted by molar-refractivity contribution is 1.46. The number of H-pyrrole nitrogens is 1. The number of hydrogen-bond donors (Lipinski definition) is 2. The topological polar surface area (TPSA) is 27.8 Å². The Morgan fingerprint density at radius 3 is 2.65 bits per heavy atom. The zero-order chi connectivity index (χ0) is 11.7. The van der Waals surface area contributed by atoms with E-state index in [1.807, 2.05) is 54.7 Å². The highest BCUT2D eigenvalue weighted by Crippen LogP contribution is 2.28. The summed E-state index contributed by atoms with van der Waals surface area (Å²) in [6.07, 6.45) is 1.95. The SMILES string of the molecule is Clc1ccc2c(Nc3ccccc3)c[nH]c2c1. The zero-order valence-corrected chi connectivity index (χ0v) is 9.83. The van der Waals surface area contributed by atoms with Crippen molar-refractivity contribution in [2.45, 2.75) is 0 Å². The molecule has 0 radical (unpaired) electrons. The van der Waals surface area contributed by atoms with Crippen LogP contribution in [0.5, 0.6) is 0 Å². The van der Waals surface area contributed by atoms with Crippen LogP contribution in [0, 0.1) is 0 Å². The highest BCUT2D eigenvalue weighted by molar-refractivity contribution is 6.31. The molecular formula is C14H11ClN2. The maximum Gasteiger partial charge on any atom is 0.0641 e. The van der Waals surface area contributed by atoms with Crippen LogP contribution in [0.2, 0.25) is 5.02 Å². The molecule has 0 saturated carbocycles. The standard InChI is InChI=1S/C14H11ClN2/c15-10-6-7-12-13(8-10)16-9-14(12)17-11-4-2-1-3-5-11/h1-9,16-17H. The van der Waals surface area contributed by atoms with Gasteiger partial charge in [-0.2, -0.15) is 0 Å². The molecular weight excluding hydrogens is 232 g/mol. The van der Waals surface area contributed by atoms with Crippen molar-refractivity contribution >= 4 is 33.9 Å². The van der Waals surface area contributed by atoms with Gasteiger partial charge in [-0.3, -0.25) is 0 Å². The average Bonchev–Trinajstić information content (AvgIpc) is 2.73. The number of aromatic nitrogens is 1. The van der Waals surface area contributed by atoms with Crippen LogP contribution >= 0.6 is 11.6 Å². The number of anilines is 2. The van der Waals surface area contributed by atoms with E-state index in [-0.39, 0.29) is 0 Å². The minimum atomic E-state index is 0.741. The Hall–Kier alpha value is -1.93. The van der Waals surface area contributed by atoms with E-state index in [2.05, 4.69) is 10.3 Å². The van der Waals surface area contributed by atoms with Crippen molar-refractivity contribution in [2.24, 2.45) is 0 Å². The molecule has 0 bridgehead atoms. The van der Waals surface area contributed by atoms with E-state index in [9.17, 15) is 0 Å². The predicted molar refractivity (Wildman–Crippen MR) is 73.0 cm³/mol. The van der Waals surface area contributed by atoms with Gasteiger partial charge in [0.25, 0.3) is 0 Å². The summed E-state index contributed by atoms with van der Waals surface area (Å²) in [7, 11) is 0. The summed E-state index contributed by atoms with van der Waals surface area (Å²) < 4.78 is 0. The monoisotopic (exact) mass is 242 g/mol. The van der Waals surface area contributed by atoms with Gasteiger partial charge in [-0.15, -0.1) is 0 Å². The first kappa shape index (κ1) is 10.2. The smallest absolute Gasteiger partial charge is 0.0641 e. The fourth-order valence-corrected chi connectivity index (χ4v) is 2.05. The lowest BCUT2D eigenvalue weighted by Gasteiger charge is -2.04. The number of hydrogen-bond acceptors (Lipinski definition) is 1. The number of aromatic amines is 1. The van der Waals surface area contributed by atoms with Crippen LogP contribution in [-0.4, -0.2) is 4.98 Å². The largest absolute Gasteiger partial charge is 0.359 e.